The highest BCUT2D eigenvalue weighted by molar-refractivity contribution is 9.10. The molecule has 0 fully saturated rings. The van der Waals surface area contributed by atoms with Gasteiger partial charge in [-0.15, -0.1) is 0 Å². The van der Waals surface area contributed by atoms with E-state index in [4.69, 9.17) is 9.47 Å². The Bertz CT molecular complexity index is 491. The van der Waals surface area contributed by atoms with Crippen LogP contribution < -0.4 is 0 Å². The van der Waals surface area contributed by atoms with E-state index in [0.717, 1.165) is 16.5 Å². The Morgan fingerprint density at radius 1 is 0.842 bits per heavy atom. The third-order valence-electron chi connectivity index (χ3n) is 2.81. The maximum absolute atomic E-state index is 5.31. The van der Waals surface area contributed by atoms with E-state index in [0.29, 0.717) is 13.4 Å². The lowest BCUT2D eigenvalue weighted by atomic mass is 10.0. The van der Waals surface area contributed by atoms with Crippen LogP contribution in [0, 0.1) is 0 Å². The highest BCUT2D eigenvalue weighted by atomic mass is 79.9. The van der Waals surface area contributed by atoms with Crippen LogP contribution in [0.25, 0.3) is 0 Å². The summed E-state index contributed by atoms with van der Waals surface area (Å²) in [6.45, 7) is 0.924. The molecule has 100 valence electrons. The zero-order valence-corrected chi connectivity index (χ0v) is 12.5. The molecule has 0 spiro atoms. The van der Waals surface area contributed by atoms with Crippen LogP contribution >= 0.6 is 15.9 Å². The van der Waals surface area contributed by atoms with Crippen molar-refractivity contribution in [2.45, 2.75) is 13.0 Å². The molecule has 0 radical (unpaired) electrons. The summed E-state index contributed by atoms with van der Waals surface area (Å²) in [5, 5.41) is 0. The van der Waals surface area contributed by atoms with E-state index in [1.807, 2.05) is 0 Å². The summed E-state index contributed by atoms with van der Waals surface area (Å²) >= 11 is 3.45. The number of hydrogen-bond acceptors (Lipinski definition) is 2. The van der Waals surface area contributed by atoms with Crippen LogP contribution in [0.1, 0.15) is 16.7 Å². The van der Waals surface area contributed by atoms with E-state index in [2.05, 4.69) is 64.5 Å². The Morgan fingerprint density at radius 3 is 1.95 bits per heavy atom. The van der Waals surface area contributed by atoms with Gasteiger partial charge in [-0.05, 0) is 35.2 Å². The first-order valence-electron chi connectivity index (χ1n) is 6.17. The van der Waals surface area contributed by atoms with Gasteiger partial charge in [0, 0.05) is 11.6 Å². The van der Waals surface area contributed by atoms with Crippen molar-refractivity contribution < 1.29 is 9.47 Å². The Hall–Kier alpha value is -1.16. The molecule has 0 aromatic heterocycles. The van der Waals surface area contributed by atoms with Gasteiger partial charge in [0.1, 0.15) is 6.79 Å². The smallest absolute Gasteiger partial charge is 0.146 e. The minimum absolute atomic E-state index is 0.334. The number of hydrogen-bond donors (Lipinski definition) is 0. The van der Waals surface area contributed by atoms with E-state index in [1.54, 1.807) is 7.11 Å². The fourth-order valence-corrected chi connectivity index (χ4v) is 2.10. The lowest BCUT2D eigenvalue weighted by molar-refractivity contribution is -0.0390. The second-order valence-electron chi connectivity index (χ2n) is 4.37. The van der Waals surface area contributed by atoms with Crippen LogP contribution in [0.4, 0.5) is 0 Å². The van der Waals surface area contributed by atoms with Gasteiger partial charge < -0.3 is 9.47 Å². The molecule has 0 atom stereocenters. The number of ether oxygens (including phenoxy) is 2. The standard InChI is InChI=1S/C16H17BrO2/c1-18-12-19-11-15-4-2-13(3-5-15)10-14-6-8-16(17)9-7-14/h2-9H,10-12H2,1H3. The SMILES string of the molecule is COCOCc1ccc(Cc2ccc(Br)cc2)cc1. The molecule has 2 aromatic rings. The molecule has 2 aromatic carbocycles. The van der Waals surface area contributed by atoms with Gasteiger partial charge in [-0.25, -0.2) is 0 Å². The average Bonchev–Trinajstić information content (AvgIpc) is 2.44. The van der Waals surface area contributed by atoms with Gasteiger partial charge in [0.2, 0.25) is 0 Å². The number of halogens is 1. The molecule has 0 N–H and O–H groups in total. The van der Waals surface area contributed by atoms with Gasteiger partial charge in [0.15, 0.2) is 0 Å². The summed E-state index contributed by atoms with van der Waals surface area (Å²) < 4.78 is 11.3. The lowest BCUT2D eigenvalue weighted by Gasteiger charge is -2.05. The highest BCUT2D eigenvalue weighted by Gasteiger charge is 1.98. The summed E-state index contributed by atoms with van der Waals surface area (Å²) in [5.74, 6) is 0. The van der Waals surface area contributed by atoms with Crippen molar-refractivity contribution in [3.8, 4) is 0 Å². The van der Waals surface area contributed by atoms with Crippen molar-refractivity contribution in [1.29, 1.82) is 0 Å². The highest BCUT2D eigenvalue weighted by Crippen LogP contribution is 2.15. The average molecular weight is 321 g/mol. The molecular formula is C16H17BrO2. The molecule has 0 aliphatic heterocycles. The molecule has 0 aliphatic carbocycles. The number of rotatable bonds is 6. The molecule has 0 amide bonds. The van der Waals surface area contributed by atoms with Crippen molar-refractivity contribution in [3.05, 3.63) is 69.7 Å². The molecule has 0 unspecified atom stereocenters. The molecule has 2 nitrogen and oxygen atoms in total. The van der Waals surface area contributed by atoms with Crippen LogP contribution in [0.3, 0.4) is 0 Å². The normalized spacial score (nSPS) is 10.6. The zero-order valence-electron chi connectivity index (χ0n) is 10.9. The fraction of sp³-hybridized carbons (Fsp3) is 0.250. The predicted molar refractivity (Wildman–Crippen MR) is 80.1 cm³/mol. The van der Waals surface area contributed by atoms with Crippen LogP contribution in [0.15, 0.2) is 53.0 Å². The summed E-state index contributed by atoms with van der Waals surface area (Å²) in [6.07, 6.45) is 0.951. The maximum atomic E-state index is 5.31. The predicted octanol–water partition coefficient (Wildman–Crippen LogP) is 4.16. The number of methoxy groups -OCH3 is 1. The van der Waals surface area contributed by atoms with Gasteiger partial charge in [0.25, 0.3) is 0 Å². The number of benzene rings is 2. The first-order chi connectivity index (χ1) is 9.28. The van der Waals surface area contributed by atoms with Gasteiger partial charge >= 0.3 is 0 Å². The van der Waals surface area contributed by atoms with Crippen LogP contribution in [-0.2, 0) is 22.5 Å². The summed E-state index contributed by atoms with van der Waals surface area (Å²) in [6, 6.07) is 16.9. The molecule has 2 rings (SSSR count). The molecule has 0 saturated carbocycles. The van der Waals surface area contributed by atoms with Crippen LogP contribution in [0.2, 0.25) is 0 Å². The molecule has 19 heavy (non-hydrogen) atoms. The molecule has 0 saturated heterocycles. The molecular weight excluding hydrogens is 304 g/mol. The molecule has 0 bridgehead atoms. The van der Waals surface area contributed by atoms with Gasteiger partial charge in [-0.2, -0.15) is 0 Å². The lowest BCUT2D eigenvalue weighted by Crippen LogP contribution is -1.97. The van der Waals surface area contributed by atoms with Crippen LogP contribution in [0.5, 0.6) is 0 Å². The molecule has 3 heteroatoms. The summed E-state index contributed by atoms with van der Waals surface area (Å²) in [7, 11) is 1.63. The first-order valence-corrected chi connectivity index (χ1v) is 6.96. The van der Waals surface area contributed by atoms with E-state index in [9.17, 15) is 0 Å². The van der Waals surface area contributed by atoms with Gasteiger partial charge in [0.05, 0.1) is 6.61 Å². The minimum atomic E-state index is 0.334. The Morgan fingerprint density at radius 2 is 1.37 bits per heavy atom. The molecule has 0 heterocycles. The van der Waals surface area contributed by atoms with Crippen molar-refractivity contribution in [3.63, 3.8) is 0 Å². The van der Waals surface area contributed by atoms with E-state index in [-0.39, 0.29) is 0 Å². The van der Waals surface area contributed by atoms with Crippen molar-refractivity contribution >= 4 is 15.9 Å². The quantitative estimate of drug-likeness (QED) is 0.587. The third kappa shape index (κ3) is 4.78. The Labute approximate surface area is 122 Å². The van der Waals surface area contributed by atoms with Gasteiger partial charge in [-0.1, -0.05) is 52.3 Å². The Balaban J connectivity index is 1.92. The largest absolute Gasteiger partial charge is 0.359 e. The monoisotopic (exact) mass is 320 g/mol. The van der Waals surface area contributed by atoms with Crippen molar-refractivity contribution in [1.82, 2.24) is 0 Å². The second kappa shape index (κ2) is 7.43. The second-order valence-corrected chi connectivity index (χ2v) is 5.29. The summed E-state index contributed by atoms with van der Waals surface area (Å²) in [4.78, 5) is 0. The van der Waals surface area contributed by atoms with Crippen LogP contribution in [-0.4, -0.2) is 13.9 Å². The maximum Gasteiger partial charge on any atom is 0.146 e. The molecule has 0 aliphatic rings. The first kappa shape index (κ1) is 14.3. The zero-order chi connectivity index (χ0) is 13.5. The summed E-state index contributed by atoms with van der Waals surface area (Å²) in [5.41, 5.74) is 3.78. The van der Waals surface area contributed by atoms with E-state index < -0.39 is 0 Å². The van der Waals surface area contributed by atoms with Crippen molar-refractivity contribution in [2.24, 2.45) is 0 Å². The Kier molecular flexibility index (Phi) is 5.58. The third-order valence-corrected chi connectivity index (χ3v) is 3.34. The topological polar surface area (TPSA) is 18.5 Å². The van der Waals surface area contributed by atoms with Crippen molar-refractivity contribution in [2.75, 3.05) is 13.9 Å². The van der Waals surface area contributed by atoms with E-state index in [1.165, 1.54) is 11.1 Å². The van der Waals surface area contributed by atoms with Gasteiger partial charge in [-0.3, -0.25) is 0 Å². The fourth-order valence-electron chi connectivity index (χ4n) is 1.83. The van der Waals surface area contributed by atoms with E-state index >= 15 is 0 Å². The minimum Gasteiger partial charge on any atom is -0.359 e.